The highest BCUT2D eigenvalue weighted by Crippen LogP contribution is 2.28. The van der Waals surface area contributed by atoms with Crippen molar-refractivity contribution < 1.29 is 14.6 Å². The Hall–Kier alpha value is -2.40. The standard InChI is InChI=1S/C15H13NOS.C2H4O2/c1-10-16-14-9-12(5-8-15(14)18-10)11-3-6-13(17-2)7-4-11;1-2(3)4/h3-9H,1-2H3;1H3,(H,3,4). The van der Waals surface area contributed by atoms with E-state index in [4.69, 9.17) is 14.6 Å². The summed E-state index contributed by atoms with van der Waals surface area (Å²) < 4.78 is 6.41. The SMILES string of the molecule is CC(=O)O.COc1ccc(-c2ccc3sc(C)nc3c2)cc1. The van der Waals surface area contributed by atoms with E-state index in [1.807, 2.05) is 19.1 Å². The van der Waals surface area contributed by atoms with Crippen molar-refractivity contribution in [1.82, 2.24) is 4.98 Å². The summed E-state index contributed by atoms with van der Waals surface area (Å²) in [5, 5.41) is 8.52. The molecule has 0 saturated heterocycles. The molecular formula is C17H17NO3S. The molecule has 1 heterocycles. The normalized spacial score (nSPS) is 9.95. The van der Waals surface area contributed by atoms with Crippen LogP contribution in [0.3, 0.4) is 0 Å². The molecule has 0 atom stereocenters. The number of carbonyl (C=O) groups is 1. The quantitative estimate of drug-likeness (QED) is 0.763. The molecule has 0 unspecified atom stereocenters. The van der Waals surface area contributed by atoms with Crippen LogP contribution < -0.4 is 4.74 Å². The van der Waals surface area contributed by atoms with Gasteiger partial charge in [-0.15, -0.1) is 11.3 Å². The number of hydrogen-bond donors (Lipinski definition) is 1. The van der Waals surface area contributed by atoms with Crippen molar-refractivity contribution in [3.63, 3.8) is 0 Å². The highest BCUT2D eigenvalue weighted by Gasteiger charge is 2.03. The molecular weight excluding hydrogens is 298 g/mol. The maximum atomic E-state index is 9.00. The Balaban J connectivity index is 0.000000396. The zero-order chi connectivity index (χ0) is 16.1. The van der Waals surface area contributed by atoms with Gasteiger partial charge in [0, 0.05) is 6.92 Å². The predicted octanol–water partition coefficient (Wildman–Crippen LogP) is 4.37. The summed E-state index contributed by atoms with van der Waals surface area (Å²) in [6.45, 7) is 3.12. The molecule has 4 nitrogen and oxygen atoms in total. The van der Waals surface area contributed by atoms with E-state index in [9.17, 15) is 0 Å². The van der Waals surface area contributed by atoms with Crippen LogP contribution in [0.1, 0.15) is 11.9 Å². The van der Waals surface area contributed by atoms with Crippen LogP contribution in [0.15, 0.2) is 42.5 Å². The van der Waals surface area contributed by atoms with E-state index in [0.717, 1.165) is 23.2 Å². The van der Waals surface area contributed by atoms with E-state index in [2.05, 4.69) is 35.3 Å². The molecule has 5 heteroatoms. The van der Waals surface area contributed by atoms with Crippen molar-refractivity contribution >= 4 is 27.5 Å². The van der Waals surface area contributed by atoms with Crippen molar-refractivity contribution in [3.05, 3.63) is 47.5 Å². The number of aromatic nitrogens is 1. The molecule has 3 rings (SSSR count). The second-order valence-electron chi connectivity index (χ2n) is 4.66. The largest absolute Gasteiger partial charge is 0.497 e. The first-order valence-electron chi connectivity index (χ1n) is 6.70. The van der Waals surface area contributed by atoms with Gasteiger partial charge in [0.05, 0.1) is 22.3 Å². The van der Waals surface area contributed by atoms with E-state index in [1.54, 1.807) is 18.4 Å². The average molecular weight is 315 g/mol. The summed E-state index contributed by atoms with van der Waals surface area (Å²) in [4.78, 5) is 13.5. The molecule has 0 fully saturated rings. The van der Waals surface area contributed by atoms with Crippen molar-refractivity contribution in [1.29, 1.82) is 0 Å². The molecule has 3 aromatic rings. The van der Waals surface area contributed by atoms with Gasteiger partial charge in [-0.1, -0.05) is 18.2 Å². The van der Waals surface area contributed by atoms with Gasteiger partial charge in [-0.05, 0) is 42.3 Å². The van der Waals surface area contributed by atoms with Crippen molar-refractivity contribution in [3.8, 4) is 16.9 Å². The van der Waals surface area contributed by atoms with Crippen LogP contribution in [-0.2, 0) is 4.79 Å². The van der Waals surface area contributed by atoms with Gasteiger partial charge in [0.2, 0.25) is 0 Å². The summed E-state index contributed by atoms with van der Waals surface area (Å²) in [6.07, 6.45) is 0. The van der Waals surface area contributed by atoms with E-state index in [-0.39, 0.29) is 0 Å². The fraction of sp³-hybridized carbons (Fsp3) is 0.176. The minimum Gasteiger partial charge on any atom is -0.497 e. The Morgan fingerprint density at radius 1 is 1.14 bits per heavy atom. The first-order chi connectivity index (χ1) is 10.5. The van der Waals surface area contributed by atoms with Gasteiger partial charge in [0.1, 0.15) is 5.75 Å². The number of thiazole rings is 1. The number of carboxylic acid groups (broad SMARTS) is 1. The highest BCUT2D eigenvalue weighted by atomic mass is 32.1. The third kappa shape index (κ3) is 4.05. The monoisotopic (exact) mass is 315 g/mol. The number of aryl methyl sites for hydroxylation is 1. The van der Waals surface area contributed by atoms with Crippen molar-refractivity contribution in [2.45, 2.75) is 13.8 Å². The number of methoxy groups -OCH3 is 1. The van der Waals surface area contributed by atoms with E-state index < -0.39 is 5.97 Å². The number of benzene rings is 2. The van der Waals surface area contributed by atoms with Crippen LogP contribution in [0.5, 0.6) is 5.75 Å². The Bertz CT molecular complexity index is 774. The fourth-order valence-electron chi connectivity index (χ4n) is 2.01. The van der Waals surface area contributed by atoms with E-state index in [1.165, 1.54) is 15.8 Å². The molecule has 1 N–H and O–H groups in total. The zero-order valence-electron chi connectivity index (χ0n) is 12.7. The topological polar surface area (TPSA) is 59.4 Å². The molecule has 0 amide bonds. The second kappa shape index (κ2) is 7.04. The summed E-state index contributed by atoms with van der Waals surface area (Å²) >= 11 is 1.73. The zero-order valence-corrected chi connectivity index (χ0v) is 13.5. The average Bonchev–Trinajstić information content (AvgIpc) is 2.86. The van der Waals surface area contributed by atoms with Crippen molar-refractivity contribution in [2.75, 3.05) is 7.11 Å². The van der Waals surface area contributed by atoms with Gasteiger partial charge in [-0.25, -0.2) is 4.98 Å². The van der Waals surface area contributed by atoms with Crippen LogP contribution in [0.4, 0.5) is 0 Å². The fourth-order valence-corrected chi connectivity index (χ4v) is 2.81. The van der Waals surface area contributed by atoms with Crippen LogP contribution in [0.25, 0.3) is 21.3 Å². The van der Waals surface area contributed by atoms with E-state index in [0.29, 0.717) is 0 Å². The molecule has 0 radical (unpaired) electrons. The number of rotatable bonds is 2. The maximum Gasteiger partial charge on any atom is 0.300 e. The number of hydrogen-bond acceptors (Lipinski definition) is 4. The first-order valence-corrected chi connectivity index (χ1v) is 7.52. The lowest BCUT2D eigenvalue weighted by atomic mass is 10.1. The number of carboxylic acids is 1. The van der Waals surface area contributed by atoms with Crippen LogP contribution >= 0.6 is 11.3 Å². The Morgan fingerprint density at radius 2 is 1.73 bits per heavy atom. The number of ether oxygens (including phenoxy) is 1. The lowest BCUT2D eigenvalue weighted by molar-refractivity contribution is -0.134. The van der Waals surface area contributed by atoms with Gasteiger partial charge < -0.3 is 9.84 Å². The lowest BCUT2D eigenvalue weighted by Gasteiger charge is -2.03. The molecule has 0 aliphatic rings. The van der Waals surface area contributed by atoms with Crippen LogP contribution in [0, 0.1) is 6.92 Å². The molecule has 0 aliphatic carbocycles. The summed E-state index contributed by atoms with van der Waals surface area (Å²) in [5.74, 6) is 0.0457. The summed E-state index contributed by atoms with van der Waals surface area (Å²) in [5.41, 5.74) is 3.45. The van der Waals surface area contributed by atoms with E-state index >= 15 is 0 Å². The molecule has 114 valence electrons. The van der Waals surface area contributed by atoms with Gasteiger partial charge in [-0.3, -0.25) is 4.79 Å². The second-order valence-corrected chi connectivity index (χ2v) is 5.90. The van der Waals surface area contributed by atoms with Crippen molar-refractivity contribution in [2.24, 2.45) is 0 Å². The molecule has 22 heavy (non-hydrogen) atoms. The van der Waals surface area contributed by atoms with Gasteiger partial charge in [0.15, 0.2) is 0 Å². The smallest absolute Gasteiger partial charge is 0.300 e. The number of aliphatic carboxylic acids is 1. The predicted molar refractivity (Wildman–Crippen MR) is 89.7 cm³/mol. The summed E-state index contributed by atoms with van der Waals surface area (Å²) in [7, 11) is 1.68. The van der Waals surface area contributed by atoms with Crippen LogP contribution in [-0.4, -0.2) is 23.2 Å². The third-order valence-corrected chi connectivity index (χ3v) is 3.87. The Morgan fingerprint density at radius 3 is 2.32 bits per heavy atom. The Kier molecular flexibility index (Phi) is 5.12. The number of nitrogens with zero attached hydrogens (tertiary/aromatic N) is 1. The minimum atomic E-state index is -0.833. The highest BCUT2D eigenvalue weighted by molar-refractivity contribution is 7.18. The molecule has 0 spiro atoms. The molecule has 2 aromatic carbocycles. The van der Waals surface area contributed by atoms with Gasteiger partial charge >= 0.3 is 0 Å². The Labute approximate surface area is 133 Å². The van der Waals surface area contributed by atoms with Gasteiger partial charge in [-0.2, -0.15) is 0 Å². The molecule has 0 saturated carbocycles. The first kappa shape index (κ1) is 16.0. The third-order valence-electron chi connectivity index (χ3n) is 2.92. The summed E-state index contributed by atoms with van der Waals surface area (Å²) in [6, 6.07) is 14.5. The van der Waals surface area contributed by atoms with Gasteiger partial charge in [0.25, 0.3) is 5.97 Å². The van der Waals surface area contributed by atoms with Crippen LogP contribution in [0.2, 0.25) is 0 Å². The molecule has 1 aromatic heterocycles. The maximum absolute atomic E-state index is 9.00. The number of fused-ring (bicyclic) bond motifs is 1. The molecule has 0 aliphatic heterocycles. The minimum absolute atomic E-state index is 0.833. The lowest BCUT2D eigenvalue weighted by Crippen LogP contribution is -1.82. The molecule has 0 bridgehead atoms.